The highest BCUT2D eigenvalue weighted by Crippen LogP contribution is 2.34. The summed E-state index contributed by atoms with van der Waals surface area (Å²) < 4.78 is 10.4. The maximum Gasteiger partial charge on any atom is 0.243 e. The number of carbonyl (C=O) groups excluding carboxylic acids is 2. The number of methoxy groups -OCH3 is 2. The Bertz CT molecular complexity index is 890. The molecule has 0 radical (unpaired) electrons. The van der Waals surface area contributed by atoms with Crippen molar-refractivity contribution in [2.24, 2.45) is 5.10 Å². The van der Waals surface area contributed by atoms with Gasteiger partial charge in [-0.1, -0.05) is 12.1 Å². The van der Waals surface area contributed by atoms with E-state index in [0.29, 0.717) is 6.42 Å². The molecule has 0 spiro atoms. The fourth-order valence-electron chi connectivity index (χ4n) is 3.28. The molecule has 0 aromatic heterocycles. The second kappa shape index (κ2) is 9.23. The summed E-state index contributed by atoms with van der Waals surface area (Å²) in [6.45, 7) is 0. The quantitative estimate of drug-likeness (QED) is 0.684. The van der Waals surface area contributed by atoms with Crippen molar-refractivity contribution >= 4 is 17.6 Å². The lowest BCUT2D eigenvalue weighted by Gasteiger charge is -2.22. The Morgan fingerprint density at radius 2 is 1.59 bits per heavy atom. The van der Waals surface area contributed by atoms with Gasteiger partial charge in [0.15, 0.2) is 0 Å². The molecule has 2 aromatic carbocycles. The fourth-order valence-corrected chi connectivity index (χ4v) is 3.28. The number of carboxylic acids is 1. The molecule has 3 rings (SSSR count). The van der Waals surface area contributed by atoms with Gasteiger partial charge in [0.1, 0.15) is 11.5 Å². The molecule has 0 saturated carbocycles. The topological polar surface area (TPSA) is 91.3 Å². The molecule has 0 bridgehead atoms. The van der Waals surface area contributed by atoms with E-state index in [4.69, 9.17) is 9.47 Å². The van der Waals surface area contributed by atoms with Crippen LogP contribution in [0.15, 0.2) is 53.6 Å². The minimum absolute atomic E-state index is 0.0972. The van der Waals surface area contributed by atoms with Gasteiger partial charge in [0.2, 0.25) is 5.91 Å². The minimum Gasteiger partial charge on any atom is -0.550 e. The van der Waals surface area contributed by atoms with Crippen molar-refractivity contribution in [1.29, 1.82) is 0 Å². The Labute approximate surface area is 169 Å². The highest BCUT2D eigenvalue weighted by molar-refractivity contribution is 6.03. The van der Waals surface area contributed by atoms with Crippen LogP contribution >= 0.6 is 0 Å². The first-order valence-electron chi connectivity index (χ1n) is 9.39. The van der Waals surface area contributed by atoms with Gasteiger partial charge >= 0.3 is 0 Å². The number of carboxylic acid groups (broad SMARTS) is 1. The molecule has 0 N–H and O–H groups in total. The van der Waals surface area contributed by atoms with Gasteiger partial charge < -0.3 is 19.4 Å². The lowest BCUT2D eigenvalue weighted by Crippen LogP contribution is -2.28. The Morgan fingerprint density at radius 1 is 1.00 bits per heavy atom. The minimum atomic E-state index is -1.16. The first-order valence-corrected chi connectivity index (χ1v) is 9.39. The van der Waals surface area contributed by atoms with Crippen LogP contribution in [0.1, 0.15) is 42.9 Å². The van der Waals surface area contributed by atoms with Gasteiger partial charge in [-0.3, -0.25) is 4.79 Å². The average Bonchev–Trinajstić information content (AvgIpc) is 3.19. The van der Waals surface area contributed by atoms with E-state index in [9.17, 15) is 14.7 Å². The lowest BCUT2D eigenvalue weighted by atomic mass is 9.98. The third-order valence-electron chi connectivity index (χ3n) is 4.86. The highest BCUT2D eigenvalue weighted by atomic mass is 16.5. The predicted octanol–water partition coefficient (Wildman–Crippen LogP) is 2.30. The normalized spacial score (nSPS) is 15.7. The first-order chi connectivity index (χ1) is 14.0. The second-order valence-electron chi connectivity index (χ2n) is 6.73. The zero-order chi connectivity index (χ0) is 20.8. The van der Waals surface area contributed by atoms with E-state index >= 15 is 0 Å². The zero-order valence-corrected chi connectivity index (χ0v) is 16.5. The molecule has 152 valence electrons. The van der Waals surface area contributed by atoms with Gasteiger partial charge in [0.05, 0.1) is 26.0 Å². The van der Waals surface area contributed by atoms with Crippen LogP contribution < -0.4 is 14.6 Å². The number of amides is 1. The zero-order valence-electron chi connectivity index (χ0n) is 16.5. The van der Waals surface area contributed by atoms with Crippen LogP contribution in [0.3, 0.4) is 0 Å². The standard InChI is InChI=1S/C22H24N2O5/c1-28-17-10-6-15(7-11-17)19-14-20(16-8-12-18(29-2)13-9-16)24(23-19)21(25)4-3-5-22(26)27/h6-13,20H,3-5,14H2,1-2H3,(H,26,27)/p-1/t20-/m1/s1. The van der Waals surface area contributed by atoms with Crippen molar-refractivity contribution in [3.63, 3.8) is 0 Å². The van der Waals surface area contributed by atoms with E-state index in [1.807, 2.05) is 48.5 Å². The van der Waals surface area contributed by atoms with E-state index in [0.717, 1.165) is 28.3 Å². The number of carbonyl (C=O) groups is 2. The molecule has 0 unspecified atom stereocenters. The molecule has 1 heterocycles. The van der Waals surface area contributed by atoms with Crippen LogP contribution in [0.25, 0.3) is 0 Å². The number of aliphatic carboxylic acids is 1. The molecular formula is C22H23N2O5-. The summed E-state index contributed by atoms with van der Waals surface area (Å²) in [6, 6.07) is 14.8. The highest BCUT2D eigenvalue weighted by Gasteiger charge is 2.32. The van der Waals surface area contributed by atoms with E-state index in [1.54, 1.807) is 14.2 Å². The molecule has 1 aliphatic rings. The van der Waals surface area contributed by atoms with Gasteiger partial charge in [-0.15, -0.1) is 0 Å². The number of hydrazone groups is 1. The summed E-state index contributed by atoms with van der Waals surface area (Å²) in [5, 5.41) is 16.7. The summed E-state index contributed by atoms with van der Waals surface area (Å²) in [4.78, 5) is 23.4. The van der Waals surface area contributed by atoms with Gasteiger partial charge in [-0.25, -0.2) is 5.01 Å². The van der Waals surface area contributed by atoms with Gasteiger partial charge in [-0.05, 0) is 60.4 Å². The molecule has 7 heteroatoms. The summed E-state index contributed by atoms with van der Waals surface area (Å²) in [7, 11) is 3.21. The van der Waals surface area contributed by atoms with Crippen LogP contribution in [0.4, 0.5) is 0 Å². The number of hydrogen-bond donors (Lipinski definition) is 0. The third-order valence-corrected chi connectivity index (χ3v) is 4.86. The molecule has 1 amide bonds. The first kappa shape index (κ1) is 20.4. The molecule has 0 aliphatic carbocycles. The van der Waals surface area contributed by atoms with Crippen LogP contribution in [0.5, 0.6) is 11.5 Å². The van der Waals surface area contributed by atoms with Crippen molar-refractivity contribution in [3.05, 3.63) is 59.7 Å². The van der Waals surface area contributed by atoms with Crippen molar-refractivity contribution in [2.45, 2.75) is 31.7 Å². The van der Waals surface area contributed by atoms with E-state index in [-0.39, 0.29) is 31.2 Å². The number of rotatable bonds is 8. The summed E-state index contributed by atoms with van der Waals surface area (Å²) in [5.41, 5.74) is 2.64. The number of ether oxygens (including phenoxy) is 2. The monoisotopic (exact) mass is 395 g/mol. The molecule has 7 nitrogen and oxygen atoms in total. The van der Waals surface area contributed by atoms with Crippen LogP contribution in [-0.2, 0) is 9.59 Å². The Hall–Kier alpha value is -3.35. The van der Waals surface area contributed by atoms with Gasteiger partial charge in [0, 0.05) is 18.8 Å². The van der Waals surface area contributed by atoms with E-state index in [2.05, 4.69) is 5.10 Å². The lowest BCUT2D eigenvalue weighted by molar-refractivity contribution is -0.305. The average molecular weight is 395 g/mol. The van der Waals surface area contributed by atoms with E-state index < -0.39 is 5.97 Å². The van der Waals surface area contributed by atoms with Crippen LogP contribution in [-0.4, -0.2) is 36.8 Å². The van der Waals surface area contributed by atoms with Crippen molar-refractivity contribution < 1.29 is 24.2 Å². The molecule has 1 atom stereocenters. The fraction of sp³-hybridized carbons (Fsp3) is 0.318. The second-order valence-corrected chi connectivity index (χ2v) is 6.73. The molecule has 29 heavy (non-hydrogen) atoms. The predicted molar refractivity (Wildman–Crippen MR) is 106 cm³/mol. The van der Waals surface area contributed by atoms with Crippen molar-refractivity contribution in [2.75, 3.05) is 14.2 Å². The Kier molecular flexibility index (Phi) is 6.49. The summed E-state index contributed by atoms with van der Waals surface area (Å²) in [6.07, 6.45) is 0.729. The SMILES string of the molecule is COc1ccc(C2=NN(C(=O)CCCC(=O)[O-])[C@@H](c3ccc(OC)cc3)C2)cc1. The Morgan fingerprint density at radius 3 is 2.14 bits per heavy atom. The third kappa shape index (κ3) is 4.93. The molecular weight excluding hydrogens is 372 g/mol. The van der Waals surface area contributed by atoms with Crippen LogP contribution in [0.2, 0.25) is 0 Å². The maximum absolute atomic E-state index is 12.8. The van der Waals surface area contributed by atoms with Crippen molar-refractivity contribution in [3.8, 4) is 11.5 Å². The molecule has 0 saturated heterocycles. The van der Waals surface area contributed by atoms with Gasteiger partial charge in [0.25, 0.3) is 0 Å². The molecule has 0 fully saturated rings. The largest absolute Gasteiger partial charge is 0.550 e. The Balaban J connectivity index is 1.84. The van der Waals surface area contributed by atoms with Crippen molar-refractivity contribution in [1.82, 2.24) is 5.01 Å². The maximum atomic E-state index is 12.8. The van der Waals surface area contributed by atoms with E-state index in [1.165, 1.54) is 5.01 Å². The number of nitrogens with zero attached hydrogens (tertiary/aromatic N) is 2. The number of benzene rings is 2. The summed E-state index contributed by atoms with van der Waals surface area (Å²) >= 11 is 0. The molecule has 1 aliphatic heterocycles. The summed E-state index contributed by atoms with van der Waals surface area (Å²) in [5.74, 6) is 0.105. The van der Waals surface area contributed by atoms with Gasteiger partial charge in [-0.2, -0.15) is 5.10 Å². The smallest absolute Gasteiger partial charge is 0.243 e. The molecule has 2 aromatic rings. The number of hydrogen-bond acceptors (Lipinski definition) is 6. The van der Waals surface area contributed by atoms with Crippen LogP contribution in [0, 0.1) is 0 Å².